The third kappa shape index (κ3) is 2.70. The Morgan fingerprint density at radius 1 is 1.35 bits per heavy atom. The topological polar surface area (TPSA) is 42.7 Å². The van der Waals surface area contributed by atoms with E-state index >= 15 is 0 Å². The number of anilines is 1. The first kappa shape index (κ1) is 12.8. The maximum Gasteiger partial charge on any atom is 0.148 e. The van der Waals surface area contributed by atoms with Crippen molar-refractivity contribution in [2.75, 3.05) is 5.32 Å². The van der Waals surface area contributed by atoms with Crippen molar-refractivity contribution in [3.63, 3.8) is 0 Å². The molecule has 0 amide bonds. The second-order valence-corrected chi connectivity index (χ2v) is 5.30. The van der Waals surface area contributed by atoms with Crippen LogP contribution in [-0.2, 0) is 6.54 Å². The van der Waals surface area contributed by atoms with Crippen LogP contribution in [0.1, 0.15) is 10.7 Å². The second kappa shape index (κ2) is 5.42. The number of para-hydroxylation sites is 1. The molecule has 0 unspecified atom stereocenters. The van der Waals surface area contributed by atoms with Gasteiger partial charge in [0.2, 0.25) is 0 Å². The highest BCUT2D eigenvalue weighted by atomic mass is 32.1. The number of benzene rings is 1. The van der Waals surface area contributed by atoms with Crippen LogP contribution in [0.2, 0.25) is 0 Å². The number of aromatic nitrogens is 3. The molecule has 3 aromatic rings. The van der Waals surface area contributed by atoms with Crippen molar-refractivity contribution in [1.82, 2.24) is 14.8 Å². The first-order chi connectivity index (χ1) is 9.72. The monoisotopic (exact) mass is 288 g/mol. The summed E-state index contributed by atoms with van der Waals surface area (Å²) >= 11 is 1.61. The van der Waals surface area contributed by atoms with Crippen LogP contribution in [0, 0.1) is 12.7 Å². The molecular weight excluding hydrogens is 275 g/mol. The highest BCUT2D eigenvalue weighted by molar-refractivity contribution is 7.09. The van der Waals surface area contributed by atoms with Crippen LogP contribution in [0.5, 0.6) is 0 Å². The lowest BCUT2D eigenvalue weighted by Crippen LogP contribution is -1.99. The van der Waals surface area contributed by atoms with E-state index in [1.54, 1.807) is 41.9 Å². The van der Waals surface area contributed by atoms with E-state index in [-0.39, 0.29) is 5.82 Å². The van der Waals surface area contributed by atoms with Crippen LogP contribution in [-0.4, -0.2) is 14.8 Å². The number of halogens is 1. The fourth-order valence-electron chi connectivity index (χ4n) is 1.84. The zero-order valence-electron chi connectivity index (χ0n) is 10.9. The van der Waals surface area contributed by atoms with E-state index < -0.39 is 0 Å². The fraction of sp³-hybridized carbons (Fsp3) is 0.143. The normalized spacial score (nSPS) is 10.7. The average molecular weight is 288 g/mol. The van der Waals surface area contributed by atoms with Gasteiger partial charge in [0.15, 0.2) is 0 Å². The van der Waals surface area contributed by atoms with Crippen LogP contribution >= 0.6 is 11.3 Å². The SMILES string of the molecule is Cc1csc(CNc2cnn(-c3ccccc3F)c2)n1. The number of hydrogen-bond donors (Lipinski definition) is 1. The maximum absolute atomic E-state index is 13.6. The van der Waals surface area contributed by atoms with Crippen molar-refractivity contribution < 1.29 is 4.39 Å². The van der Waals surface area contributed by atoms with Gasteiger partial charge in [0, 0.05) is 11.1 Å². The highest BCUT2D eigenvalue weighted by Gasteiger charge is 2.06. The molecule has 6 heteroatoms. The van der Waals surface area contributed by atoms with Gasteiger partial charge in [-0.05, 0) is 19.1 Å². The molecule has 0 aliphatic carbocycles. The van der Waals surface area contributed by atoms with Gasteiger partial charge in [0.25, 0.3) is 0 Å². The number of aryl methyl sites for hydroxylation is 1. The Labute approximate surface area is 119 Å². The molecule has 1 N–H and O–H groups in total. The van der Waals surface area contributed by atoms with E-state index in [1.165, 1.54) is 10.7 Å². The molecule has 0 atom stereocenters. The lowest BCUT2D eigenvalue weighted by Gasteiger charge is -2.02. The van der Waals surface area contributed by atoms with E-state index in [2.05, 4.69) is 15.4 Å². The predicted molar refractivity (Wildman–Crippen MR) is 77.7 cm³/mol. The smallest absolute Gasteiger partial charge is 0.148 e. The maximum atomic E-state index is 13.6. The molecule has 2 heterocycles. The Hall–Kier alpha value is -2.21. The summed E-state index contributed by atoms with van der Waals surface area (Å²) in [5, 5.41) is 10.4. The lowest BCUT2D eigenvalue weighted by atomic mass is 10.3. The summed E-state index contributed by atoms with van der Waals surface area (Å²) in [6.07, 6.45) is 3.44. The largest absolute Gasteiger partial charge is 0.376 e. The van der Waals surface area contributed by atoms with Crippen molar-refractivity contribution in [1.29, 1.82) is 0 Å². The lowest BCUT2D eigenvalue weighted by molar-refractivity contribution is 0.611. The van der Waals surface area contributed by atoms with Crippen molar-refractivity contribution >= 4 is 17.0 Å². The summed E-state index contributed by atoms with van der Waals surface area (Å²) in [6.45, 7) is 2.61. The average Bonchev–Trinajstić information content (AvgIpc) is 3.06. The molecule has 0 saturated heterocycles. The molecule has 102 valence electrons. The zero-order chi connectivity index (χ0) is 13.9. The van der Waals surface area contributed by atoms with Crippen molar-refractivity contribution in [3.05, 3.63) is 58.6 Å². The zero-order valence-corrected chi connectivity index (χ0v) is 11.7. The van der Waals surface area contributed by atoms with Gasteiger partial charge in [-0.3, -0.25) is 0 Å². The summed E-state index contributed by atoms with van der Waals surface area (Å²) in [7, 11) is 0. The van der Waals surface area contributed by atoms with Gasteiger partial charge in [0.1, 0.15) is 16.5 Å². The minimum atomic E-state index is -0.294. The second-order valence-electron chi connectivity index (χ2n) is 4.36. The third-order valence-corrected chi connectivity index (χ3v) is 3.76. The molecule has 0 fully saturated rings. The number of thiazole rings is 1. The van der Waals surface area contributed by atoms with Crippen molar-refractivity contribution in [2.24, 2.45) is 0 Å². The van der Waals surface area contributed by atoms with E-state index in [4.69, 9.17) is 0 Å². The number of nitrogens with one attached hydrogen (secondary N) is 1. The molecular formula is C14H13FN4S. The summed E-state index contributed by atoms with van der Waals surface area (Å²) in [6, 6.07) is 6.55. The molecule has 0 radical (unpaired) electrons. The highest BCUT2D eigenvalue weighted by Crippen LogP contribution is 2.16. The number of hydrogen-bond acceptors (Lipinski definition) is 4. The molecule has 1 aromatic carbocycles. The van der Waals surface area contributed by atoms with Crippen LogP contribution in [0.4, 0.5) is 10.1 Å². The Kier molecular flexibility index (Phi) is 3.47. The summed E-state index contributed by atoms with van der Waals surface area (Å²) in [5.41, 5.74) is 2.29. The van der Waals surface area contributed by atoms with Crippen LogP contribution in [0.25, 0.3) is 5.69 Å². The predicted octanol–water partition coefficient (Wildman–Crippen LogP) is 3.39. The summed E-state index contributed by atoms with van der Waals surface area (Å²) in [5.74, 6) is -0.294. The van der Waals surface area contributed by atoms with E-state index in [9.17, 15) is 4.39 Å². The Morgan fingerprint density at radius 2 is 2.20 bits per heavy atom. The number of nitrogens with zero attached hydrogens (tertiary/aromatic N) is 3. The van der Waals surface area contributed by atoms with Gasteiger partial charge in [-0.15, -0.1) is 11.3 Å². The molecule has 0 saturated carbocycles. The molecule has 0 bridgehead atoms. The van der Waals surface area contributed by atoms with E-state index in [0.717, 1.165) is 16.4 Å². The minimum absolute atomic E-state index is 0.294. The van der Waals surface area contributed by atoms with Gasteiger partial charge in [-0.25, -0.2) is 14.1 Å². The third-order valence-electron chi connectivity index (χ3n) is 2.79. The molecule has 20 heavy (non-hydrogen) atoms. The summed E-state index contributed by atoms with van der Waals surface area (Å²) in [4.78, 5) is 4.37. The standard InChI is InChI=1S/C14H13FN4S/c1-10-9-20-14(18-10)7-16-11-6-17-19(8-11)13-5-3-2-4-12(13)15/h2-6,8-9,16H,7H2,1H3. The van der Waals surface area contributed by atoms with Gasteiger partial charge < -0.3 is 5.32 Å². The van der Waals surface area contributed by atoms with E-state index in [1.807, 2.05) is 12.3 Å². The Balaban J connectivity index is 1.72. The van der Waals surface area contributed by atoms with E-state index in [0.29, 0.717) is 12.2 Å². The molecule has 0 aliphatic heterocycles. The Bertz CT molecular complexity index is 719. The van der Waals surface area contributed by atoms with Gasteiger partial charge in [0.05, 0.1) is 24.6 Å². The van der Waals surface area contributed by atoms with Crippen molar-refractivity contribution in [2.45, 2.75) is 13.5 Å². The minimum Gasteiger partial charge on any atom is -0.376 e. The van der Waals surface area contributed by atoms with Gasteiger partial charge in [-0.1, -0.05) is 12.1 Å². The molecule has 0 aliphatic rings. The first-order valence-electron chi connectivity index (χ1n) is 6.17. The van der Waals surface area contributed by atoms with Crippen molar-refractivity contribution in [3.8, 4) is 5.69 Å². The van der Waals surface area contributed by atoms with Gasteiger partial charge >= 0.3 is 0 Å². The van der Waals surface area contributed by atoms with Gasteiger partial charge in [-0.2, -0.15) is 5.10 Å². The molecule has 0 spiro atoms. The summed E-state index contributed by atoms with van der Waals surface area (Å²) < 4.78 is 15.2. The van der Waals surface area contributed by atoms with Crippen LogP contribution in [0.3, 0.4) is 0 Å². The molecule has 2 aromatic heterocycles. The molecule has 4 nitrogen and oxygen atoms in total. The first-order valence-corrected chi connectivity index (χ1v) is 7.05. The fourth-order valence-corrected chi connectivity index (χ4v) is 2.56. The molecule has 3 rings (SSSR count). The van der Waals surface area contributed by atoms with Crippen LogP contribution in [0.15, 0.2) is 42.0 Å². The number of rotatable bonds is 4. The van der Waals surface area contributed by atoms with Crippen LogP contribution < -0.4 is 5.32 Å². The Morgan fingerprint density at radius 3 is 2.95 bits per heavy atom. The quantitative estimate of drug-likeness (QED) is 0.800.